The molecule has 180 valence electrons. The van der Waals surface area contributed by atoms with E-state index in [1.54, 1.807) is 55.0 Å². The fourth-order valence-electron chi connectivity index (χ4n) is 3.71. The molecule has 2 aromatic carbocycles. The monoisotopic (exact) mass is 485 g/mol. The second-order valence-electron chi connectivity index (χ2n) is 8.03. The quantitative estimate of drug-likeness (QED) is 0.383. The van der Waals surface area contributed by atoms with Crippen LogP contribution in [0, 0.1) is 12.7 Å². The van der Waals surface area contributed by atoms with Crippen molar-refractivity contribution >= 4 is 22.6 Å². The number of pyridine rings is 2. The third kappa shape index (κ3) is 4.56. The number of aromatic nitrogens is 4. The normalized spacial score (nSPS) is 11.0. The van der Waals surface area contributed by atoms with Gasteiger partial charge < -0.3 is 19.1 Å². The molecule has 3 aromatic heterocycles. The predicted octanol–water partition coefficient (Wildman–Crippen LogP) is 4.21. The van der Waals surface area contributed by atoms with Crippen molar-refractivity contribution in [1.82, 2.24) is 19.7 Å². The first-order chi connectivity index (χ1) is 17.4. The van der Waals surface area contributed by atoms with Crippen LogP contribution in [-0.2, 0) is 11.3 Å². The first-order valence-electron chi connectivity index (χ1n) is 11.0. The fraction of sp³-hybridized carbons (Fsp3) is 0.115. The summed E-state index contributed by atoms with van der Waals surface area (Å²) in [4.78, 5) is 34.9. The lowest BCUT2D eigenvalue weighted by Gasteiger charge is -2.12. The van der Waals surface area contributed by atoms with Gasteiger partial charge in [-0.15, -0.1) is 0 Å². The molecule has 0 aliphatic heterocycles. The zero-order chi connectivity index (χ0) is 25.2. The topological polar surface area (TPSA) is 112 Å². The zero-order valence-corrected chi connectivity index (χ0v) is 19.4. The molecule has 5 rings (SSSR count). The zero-order valence-electron chi connectivity index (χ0n) is 19.4. The van der Waals surface area contributed by atoms with Gasteiger partial charge in [-0.3, -0.25) is 9.59 Å². The van der Waals surface area contributed by atoms with Crippen molar-refractivity contribution in [3.8, 4) is 28.6 Å². The molecule has 36 heavy (non-hydrogen) atoms. The van der Waals surface area contributed by atoms with Gasteiger partial charge in [0.1, 0.15) is 29.3 Å². The number of benzene rings is 2. The number of carbonyl (C=O) groups excluding carboxylic acids is 1. The van der Waals surface area contributed by atoms with Crippen LogP contribution in [0.25, 0.3) is 33.9 Å². The van der Waals surface area contributed by atoms with Gasteiger partial charge >= 0.3 is 0 Å². The van der Waals surface area contributed by atoms with Gasteiger partial charge in [-0.25, -0.2) is 9.37 Å². The van der Waals surface area contributed by atoms with E-state index in [9.17, 15) is 14.0 Å². The second kappa shape index (κ2) is 9.41. The Morgan fingerprint density at radius 2 is 1.81 bits per heavy atom. The summed E-state index contributed by atoms with van der Waals surface area (Å²) in [5.74, 6) is 0.208. The molecular weight excluding hydrogens is 465 g/mol. The van der Waals surface area contributed by atoms with Crippen molar-refractivity contribution in [3.05, 3.63) is 88.6 Å². The third-order valence-electron chi connectivity index (χ3n) is 5.51. The molecule has 5 aromatic rings. The molecule has 0 saturated heterocycles. The second-order valence-corrected chi connectivity index (χ2v) is 8.03. The lowest BCUT2D eigenvalue weighted by atomic mass is 10.1. The van der Waals surface area contributed by atoms with Crippen LogP contribution in [0.15, 0.2) is 76.2 Å². The predicted molar refractivity (Wildman–Crippen MR) is 131 cm³/mol. The van der Waals surface area contributed by atoms with Gasteiger partial charge in [0.05, 0.1) is 12.5 Å². The van der Waals surface area contributed by atoms with Gasteiger partial charge in [0.25, 0.3) is 5.89 Å². The van der Waals surface area contributed by atoms with E-state index in [0.717, 1.165) is 0 Å². The number of nitrogens with zero attached hydrogens (tertiary/aromatic N) is 4. The largest absolute Gasteiger partial charge is 0.497 e. The van der Waals surface area contributed by atoms with Gasteiger partial charge in [0, 0.05) is 23.1 Å². The minimum atomic E-state index is -0.405. The summed E-state index contributed by atoms with van der Waals surface area (Å²) in [6, 6.07) is 15.9. The highest BCUT2D eigenvalue weighted by Gasteiger charge is 2.19. The van der Waals surface area contributed by atoms with Gasteiger partial charge in [-0.05, 0) is 67.6 Å². The number of hydrogen-bond donors (Lipinski definition) is 1. The van der Waals surface area contributed by atoms with E-state index in [1.807, 2.05) is 0 Å². The van der Waals surface area contributed by atoms with Crippen LogP contribution in [0.4, 0.5) is 10.1 Å². The minimum absolute atomic E-state index is 0.0148. The van der Waals surface area contributed by atoms with Crippen molar-refractivity contribution < 1.29 is 18.4 Å². The third-order valence-corrected chi connectivity index (χ3v) is 5.51. The van der Waals surface area contributed by atoms with E-state index in [0.29, 0.717) is 39.6 Å². The Hall–Kier alpha value is -4.86. The molecule has 3 heterocycles. The van der Waals surface area contributed by atoms with Crippen LogP contribution in [0.5, 0.6) is 5.75 Å². The molecule has 9 nitrogen and oxygen atoms in total. The first kappa shape index (κ1) is 22.9. The smallest absolute Gasteiger partial charge is 0.263 e. The Morgan fingerprint density at radius 3 is 2.53 bits per heavy atom. The van der Waals surface area contributed by atoms with Crippen molar-refractivity contribution in [2.75, 3.05) is 12.4 Å². The average Bonchev–Trinajstić information content (AvgIpc) is 3.37. The van der Waals surface area contributed by atoms with E-state index in [4.69, 9.17) is 9.26 Å². The number of amides is 1. The fourth-order valence-corrected chi connectivity index (χ4v) is 3.71. The number of carbonyl (C=O) groups is 1. The molecule has 0 saturated carbocycles. The minimum Gasteiger partial charge on any atom is -0.497 e. The number of ether oxygens (including phenoxy) is 1. The molecule has 0 aliphatic rings. The van der Waals surface area contributed by atoms with Gasteiger partial charge in [0.15, 0.2) is 0 Å². The number of rotatable bonds is 6. The Morgan fingerprint density at radius 1 is 1.06 bits per heavy atom. The van der Waals surface area contributed by atoms with E-state index < -0.39 is 5.82 Å². The summed E-state index contributed by atoms with van der Waals surface area (Å²) < 4.78 is 25.3. The molecule has 1 N–H and O–H groups in total. The van der Waals surface area contributed by atoms with E-state index in [-0.39, 0.29) is 29.3 Å². The van der Waals surface area contributed by atoms with Crippen LogP contribution >= 0.6 is 0 Å². The lowest BCUT2D eigenvalue weighted by molar-refractivity contribution is -0.116. The van der Waals surface area contributed by atoms with Crippen LogP contribution in [0.2, 0.25) is 0 Å². The maximum Gasteiger partial charge on any atom is 0.263 e. The van der Waals surface area contributed by atoms with E-state index in [1.165, 1.54) is 30.5 Å². The summed E-state index contributed by atoms with van der Waals surface area (Å²) in [6.45, 7) is 1.64. The number of methoxy groups -OCH3 is 1. The summed E-state index contributed by atoms with van der Waals surface area (Å²) in [5, 5.41) is 7.02. The molecule has 10 heteroatoms. The van der Waals surface area contributed by atoms with Crippen LogP contribution in [0.1, 0.15) is 5.69 Å². The molecule has 0 fully saturated rings. The highest BCUT2D eigenvalue weighted by atomic mass is 19.1. The van der Waals surface area contributed by atoms with Crippen molar-refractivity contribution in [1.29, 1.82) is 0 Å². The summed E-state index contributed by atoms with van der Waals surface area (Å²) >= 11 is 0. The Balaban J connectivity index is 1.53. The molecule has 0 bridgehead atoms. The number of nitrogens with one attached hydrogen (secondary N) is 1. The molecule has 0 radical (unpaired) electrons. The van der Waals surface area contributed by atoms with E-state index in [2.05, 4.69) is 20.4 Å². The molecule has 0 aliphatic carbocycles. The number of fused-ring (bicyclic) bond motifs is 1. The van der Waals surface area contributed by atoms with Crippen LogP contribution in [0.3, 0.4) is 0 Å². The van der Waals surface area contributed by atoms with Crippen LogP contribution in [-0.4, -0.2) is 32.7 Å². The summed E-state index contributed by atoms with van der Waals surface area (Å²) in [7, 11) is 1.57. The van der Waals surface area contributed by atoms with Crippen molar-refractivity contribution in [3.63, 3.8) is 0 Å². The van der Waals surface area contributed by atoms with Crippen LogP contribution < -0.4 is 15.5 Å². The van der Waals surface area contributed by atoms with Gasteiger partial charge in [-0.2, -0.15) is 4.98 Å². The average molecular weight is 485 g/mol. The highest BCUT2D eigenvalue weighted by molar-refractivity contribution is 5.91. The Labute approximate surface area is 204 Å². The molecule has 1 amide bonds. The van der Waals surface area contributed by atoms with E-state index >= 15 is 0 Å². The standard InChI is InChI=1S/C26H20FN5O4/c1-15-3-12-20-23(34)21(26-30-24(31-36-26)16-4-10-19(35-2)11-5-16)13-32(25(20)28-15)14-22(33)29-18-8-6-17(27)7-9-18/h3-13H,14H2,1-2H3,(H,29,33). The van der Waals surface area contributed by atoms with Crippen molar-refractivity contribution in [2.24, 2.45) is 0 Å². The number of hydrogen-bond acceptors (Lipinski definition) is 7. The van der Waals surface area contributed by atoms with Crippen molar-refractivity contribution in [2.45, 2.75) is 13.5 Å². The van der Waals surface area contributed by atoms with Gasteiger partial charge in [0.2, 0.25) is 17.2 Å². The molecule has 0 unspecified atom stereocenters. The maximum atomic E-state index is 13.3. The summed E-state index contributed by atoms with van der Waals surface area (Å²) in [5.41, 5.74) is 1.93. The highest BCUT2D eigenvalue weighted by Crippen LogP contribution is 2.24. The SMILES string of the molecule is COc1ccc(-c2noc(-c3cn(CC(=O)Nc4ccc(F)cc4)c4nc(C)ccc4c3=O)n2)cc1. The van der Waals surface area contributed by atoms with Gasteiger partial charge in [-0.1, -0.05) is 5.16 Å². The first-order valence-corrected chi connectivity index (χ1v) is 11.0. The molecular formula is C26H20FN5O4. The molecule has 0 atom stereocenters. The summed E-state index contributed by atoms with van der Waals surface area (Å²) in [6.07, 6.45) is 1.48. The number of aryl methyl sites for hydroxylation is 1. The number of anilines is 1. The maximum absolute atomic E-state index is 13.3. The molecule has 0 spiro atoms. The lowest BCUT2D eigenvalue weighted by Crippen LogP contribution is -2.22. The Bertz CT molecular complexity index is 1630. The number of halogens is 1. The Kier molecular flexibility index (Phi) is 5.99.